The molecule has 0 saturated heterocycles. The van der Waals surface area contributed by atoms with Crippen molar-refractivity contribution in [1.82, 2.24) is 5.32 Å². The second-order valence-corrected chi connectivity index (χ2v) is 10.8. The summed E-state index contributed by atoms with van der Waals surface area (Å²) in [6.07, 6.45) is 3.33. The van der Waals surface area contributed by atoms with Crippen LogP contribution in [0.5, 0.6) is 0 Å². The van der Waals surface area contributed by atoms with E-state index in [0.29, 0.717) is 23.2 Å². The second-order valence-electron chi connectivity index (χ2n) is 10.4. The zero-order valence-corrected chi connectivity index (χ0v) is 23.8. The Hall–Kier alpha value is -2.98. The van der Waals surface area contributed by atoms with Crippen molar-refractivity contribution in [1.29, 1.82) is 0 Å². The number of unbranched alkanes of at least 4 members (excludes halogenated alkanes) is 2. The molecule has 1 amide bonds. The number of aliphatic imine (C=N–C) groups is 1. The van der Waals surface area contributed by atoms with Gasteiger partial charge in [0.15, 0.2) is 11.6 Å². The second kappa shape index (κ2) is 14.8. The fraction of sp³-hybridized carbons (Fsp3) is 0.467. The third-order valence-electron chi connectivity index (χ3n) is 7.39. The lowest BCUT2D eigenvalue weighted by atomic mass is 9.74. The number of nitrogens with zero attached hydrogens (tertiary/aromatic N) is 1. The maximum atomic E-state index is 13.9. The average Bonchev–Trinajstić information content (AvgIpc) is 2.92. The summed E-state index contributed by atoms with van der Waals surface area (Å²) in [6.45, 7) is 3.51. The van der Waals surface area contributed by atoms with E-state index in [2.05, 4.69) is 28.6 Å². The molecule has 5 nitrogen and oxygen atoms in total. The van der Waals surface area contributed by atoms with Gasteiger partial charge >= 0.3 is 6.18 Å². The number of carbonyl (C=O) groups is 1. The summed E-state index contributed by atoms with van der Waals surface area (Å²) in [4.78, 5) is 17.1. The van der Waals surface area contributed by atoms with E-state index in [0.717, 1.165) is 56.2 Å². The summed E-state index contributed by atoms with van der Waals surface area (Å²) >= 11 is 6.12. The van der Waals surface area contributed by atoms with Gasteiger partial charge in [-0.2, -0.15) is 18.2 Å². The Bertz CT molecular complexity index is 1250. The predicted molar refractivity (Wildman–Crippen MR) is 153 cm³/mol. The molecule has 1 aliphatic rings. The molecule has 0 fully saturated rings. The molecule has 41 heavy (non-hydrogen) atoms. The van der Waals surface area contributed by atoms with Crippen molar-refractivity contribution in [2.45, 2.75) is 77.1 Å². The molecule has 0 bridgehead atoms. The minimum absolute atomic E-state index is 0.160. The minimum atomic E-state index is -4.65. The number of guanidine groups is 1. The summed E-state index contributed by atoms with van der Waals surface area (Å²) in [5, 5.41) is 6.39. The maximum absolute atomic E-state index is 13.9. The number of amides is 1. The zero-order valence-electron chi connectivity index (χ0n) is 23.1. The summed E-state index contributed by atoms with van der Waals surface area (Å²) in [7, 11) is 0. The highest BCUT2D eigenvalue weighted by Crippen LogP contribution is 2.37. The number of nitrogens with two attached hydrogens (primary N) is 1. The van der Waals surface area contributed by atoms with Crippen molar-refractivity contribution in [3.63, 3.8) is 0 Å². The molecular formula is C30H36ClF5N4O. The van der Waals surface area contributed by atoms with Gasteiger partial charge in [-0.15, -0.1) is 0 Å². The highest BCUT2D eigenvalue weighted by molar-refractivity contribution is 6.30. The number of hydrogen-bond donors (Lipinski definition) is 3. The summed E-state index contributed by atoms with van der Waals surface area (Å²) < 4.78 is 68.9. The van der Waals surface area contributed by atoms with Gasteiger partial charge < -0.3 is 16.4 Å². The van der Waals surface area contributed by atoms with Crippen LogP contribution in [0.2, 0.25) is 5.02 Å². The molecule has 4 unspecified atom stereocenters. The third-order valence-corrected chi connectivity index (χ3v) is 7.62. The van der Waals surface area contributed by atoms with E-state index in [1.165, 1.54) is 6.92 Å². The highest BCUT2D eigenvalue weighted by Gasteiger charge is 2.45. The number of allylic oxidation sites excluding steroid dienone is 1. The van der Waals surface area contributed by atoms with Crippen molar-refractivity contribution >= 4 is 29.2 Å². The topological polar surface area (TPSA) is 79.5 Å². The number of halogens is 6. The summed E-state index contributed by atoms with van der Waals surface area (Å²) in [6, 6.07) is 6.07. The number of rotatable bonds is 10. The van der Waals surface area contributed by atoms with E-state index >= 15 is 0 Å². The van der Waals surface area contributed by atoms with Gasteiger partial charge in [0.25, 0.3) is 5.91 Å². The minimum Gasteiger partial charge on any atom is -0.352 e. The van der Waals surface area contributed by atoms with Crippen LogP contribution in [0, 0.1) is 23.5 Å². The van der Waals surface area contributed by atoms with Crippen molar-refractivity contribution in [2.24, 2.45) is 22.6 Å². The monoisotopic (exact) mass is 598 g/mol. The molecule has 1 aliphatic carbocycles. The van der Waals surface area contributed by atoms with Gasteiger partial charge in [-0.1, -0.05) is 56.0 Å². The normalized spacial score (nSPS) is 18.3. The first-order chi connectivity index (χ1) is 19.4. The largest absolute Gasteiger partial charge is 0.403 e. The Labute approximate surface area is 242 Å². The van der Waals surface area contributed by atoms with Gasteiger partial charge in [0.1, 0.15) is 6.04 Å². The molecule has 2 aromatic carbocycles. The Kier molecular flexibility index (Phi) is 11.7. The van der Waals surface area contributed by atoms with Gasteiger partial charge in [0.05, 0.1) is 0 Å². The van der Waals surface area contributed by atoms with Gasteiger partial charge in [0, 0.05) is 34.2 Å². The summed E-state index contributed by atoms with van der Waals surface area (Å²) in [5.41, 5.74) is 6.97. The number of nitrogens with one attached hydrogen (secondary N) is 2. The fourth-order valence-electron chi connectivity index (χ4n) is 5.11. The molecule has 4 atom stereocenters. The van der Waals surface area contributed by atoms with Gasteiger partial charge in [-0.25, -0.2) is 8.78 Å². The van der Waals surface area contributed by atoms with Crippen LogP contribution in [0.1, 0.15) is 69.2 Å². The van der Waals surface area contributed by atoms with Crippen LogP contribution >= 0.6 is 11.6 Å². The quantitative estimate of drug-likeness (QED) is 0.0851. The van der Waals surface area contributed by atoms with Crippen molar-refractivity contribution in [3.05, 3.63) is 76.3 Å². The molecule has 0 radical (unpaired) electrons. The Morgan fingerprint density at radius 1 is 1.15 bits per heavy atom. The Morgan fingerprint density at radius 3 is 2.56 bits per heavy atom. The van der Waals surface area contributed by atoms with Crippen molar-refractivity contribution in [2.75, 3.05) is 5.32 Å². The number of benzene rings is 2. The van der Waals surface area contributed by atoms with E-state index in [9.17, 15) is 26.7 Å². The van der Waals surface area contributed by atoms with Crippen LogP contribution in [0.25, 0.3) is 0 Å². The van der Waals surface area contributed by atoms with Gasteiger partial charge in [-0.05, 0) is 68.5 Å². The van der Waals surface area contributed by atoms with Gasteiger partial charge in [0.2, 0.25) is 5.96 Å². The van der Waals surface area contributed by atoms with E-state index in [-0.39, 0.29) is 17.4 Å². The molecule has 0 aliphatic heterocycles. The molecule has 0 spiro atoms. The molecule has 0 aromatic heterocycles. The molecule has 224 valence electrons. The van der Waals surface area contributed by atoms with Crippen LogP contribution in [0.15, 0.2) is 59.1 Å². The predicted octanol–water partition coefficient (Wildman–Crippen LogP) is 8.02. The highest BCUT2D eigenvalue weighted by atomic mass is 35.5. The zero-order chi connectivity index (χ0) is 30.2. The lowest BCUT2D eigenvalue weighted by Gasteiger charge is -2.39. The smallest absolute Gasteiger partial charge is 0.352 e. The molecule has 4 N–H and O–H groups in total. The molecule has 3 rings (SSSR count). The van der Waals surface area contributed by atoms with Crippen LogP contribution < -0.4 is 16.4 Å². The molecule has 0 heterocycles. The van der Waals surface area contributed by atoms with Crippen molar-refractivity contribution in [3.8, 4) is 0 Å². The van der Waals surface area contributed by atoms with Crippen LogP contribution in [-0.4, -0.2) is 30.1 Å². The van der Waals surface area contributed by atoms with E-state index < -0.39 is 41.7 Å². The number of hydrogen-bond acceptors (Lipinski definition) is 2. The molecule has 2 aromatic rings. The summed E-state index contributed by atoms with van der Waals surface area (Å²) in [5.74, 6) is -4.85. The van der Waals surface area contributed by atoms with Crippen LogP contribution in [-0.2, 0) is 0 Å². The lowest BCUT2D eigenvalue weighted by Crippen LogP contribution is -2.56. The van der Waals surface area contributed by atoms with Gasteiger partial charge in [-0.3, -0.25) is 4.79 Å². The van der Waals surface area contributed by atoms with E-state index in [1.54, 1.807) is 24.3 Å². The number of anilines is 1. The first-order valence-corrected chi connectivity index (χ1v) is 14.2. The lowest BCUT2D eigenvalue weighted by molar-refractivity contribution is -0.160. The van der Waals surface area contributed by atoms with E-state index in [4.69, 9.17) is 17.3 Å². The Morgan fingerprint density at radius 2 is 1.90 bits per heavy atom. The van der Waals surface area contributed by atoms with Crippen LogP contribution in [0.4, 0.5) is 27.6 Å². The van der Waals surface area contributed by atoms with Crippen molar-refractivity contribution < 1.29 is 26.7 Å². The Balaban J connectivity index is 2.05. The van der Waals surface area contributed by atoms with Crippen LogP contribution in [0.3, 0.4) is 0 Å². The molecular weight excluding hydrogens is 563 g/mol. The number of alkyl halides is 3. The SMILES string of the molecule is CCCCCC1=CCCCC1C(N/C(=N\C(=O)c1ccc(F)c(F)c1)Nc1cccc(Cl)c1)C(C)C(N)C(F)(F)F. The average molecular weight is 599 g/mol. The first kappa shape index (κ1) is 32.5. The fourth-order valence-corrected chi connectivity index (χ4v) is 5.30. The third kappa shape index (κ3) is 9.26. The van der Waals surface area contributed by atoms with E-state index in [1.807, 2.05) is 0 Å². The maximum Gasteiger partial charge on any atom is 0.403 e. The molecule has 11 heteroatoms. The number of carbonyl (C=O) groups excluding carboxylic acids is 1. The molecule has 0 saturated carbocycles. The standard InChI is InChI=1S/C30H36ClF5N4O/c1-3-4-5-9-19-10-6-7-13-23(19)26(18(2)27(37)30(34,35)36)39-29(38-22-12-8-11-21(31)17-22)40-28(41)20-14-15-24(32)25(33)16-20/h8,10-12,14-18,23,26-27H,3-7,9,13,37H2,1-2H3,(H2,38,39,40,41). The first-order valence-electron chi connectivity index (χ1n) is 13.8.